The molecule has 0 radical (unpaired) electrons. The summed E-state index contributed by atoms with van der Waals surface area (Å²) in [7, 11) is 0. The SMILES string of the molecule is CCNC(=NCC(C)c1cccc(C)c1)NC1CCN(C(=O)OCC)CC1. The topological polar surface area (TPSA) is 66.0 Å². The van der Waals surface area contributed by atoms with E-state index in [1.165, 1.54) is 11.1 Å². The molecule has 6 nitrogen and oxygen atoms in total. The van der Waals surface area contributed by atoms with E-state index in [1.807, 2.05) is 6.92 Å². The number of hydrogen-bond acceptors (Lipinski definition) is 3. The first-order valence-electron chi connectivity index (χ1n) is 10.1. The molecule has 27 heavy (non-hydrogen) atoms. The molecule has 0 aromatic heterocycles. The highest BCUT2D eigenvalue weighted by Crippen LogP contribution is 2.17. The fourth-order valence-corrected chi connectivity index (χ4v) is 3.24. The van der Waals surface area contributed by atoms with Crippen LogP contribution in [0.4, 0.5) is 4.79 Å². The first kappa shape index (κ1) is 21.1. The fourth-order valence-electron chi connectivity index (χ4n) is 3.24. The number of ether oxygens (including phenoxy) is 1. The molecule has 0 bridgehead atoms. The third kappa shape index (κ3) is 6.77. The van der Waals surface area contributed by atoms with Crippen molar-refractivity contribution >= 4 is 12.1 Å². The van der Waals surface area contributed by atoms with Gasteiger partial charge in [-0.05, 0) is 39.2 Å². The molecule has 1 amide bonds. The monoisotopic (exact) mass is 374 g/mol. The van der Waals surface area contributed by atoms with Crippen molar-refractivity contribution in [3.8, 4) is 0 Å². The zero-order valence-electron chi connectivity index (χ0n) is 17.1. The van der Waals surface area contributed by atoms with Gasteiger partial charge in [0.2, 0.25) is 0 Å². The van der Waals surface area contributed by atoms with Crippen LogP contribution in [0.25, 0.3) is 0 Å². The normalized spacial score (nSPS) is 16.7. The second-order valence-corrected chi connectivity index (χ2v) is 7.14. The van der Waals surface area contributed by atoms with Crippen molar-refractivity contribution < 1.29 is 9.53 Å². The van der Waals surface area contributed by atoms with Gasteiger partial charge in [-0.1, -0.05) is 36.8 Å². The van der Waals surface area contributed by atoms with Crippen LogP contribution < -0.4 is 10.6 Å². The zero-order valence-corrected chi connectivity index (χ0v) is 17.1. The summed E-state index contributed by atoms with van der Waals surface area (Å²) in [5, 5.41) is 6.86. The molecule has 0 aliphatic carbocycles. The minimum atomic E-state index is -0.205. The number of hydrogen-bond donors (Lipinski definition) is 2. The number of rotatable bonds is 6. The molecule has 1 aliphatic rings. The first-order valence-corrected chi connectivity index (χ1v) is 10.1. The van der Waals surface area contributed by atoms with E-state index in [4.69, 9.17) is 9.73 Å². The molecule has 1 unspecified atom stereocenters. The Balaban J connectivity index is 1.88. The third-order valence-corrected chi connectivity index (χ3v) is 4.84. The van der Waals surface area contributed by atoms with E-state index in [9.17, 15) is 4.79 Å². The zero-order chi connectivity index (χ0) is 19.6. The molecular weight excluding hydrogens is 340 g/mol. The number of aryl methyl sites for hydroxylation is 1. The number of carbonyl (C=O) groups excluding carboxylic acids is 1. The number of nitrogens with one attached hydrogen (secondary N) is 2. The number of carbonyl (C=O) groups is 1. The summed E-state index contributed by atoms with van der Waals surface area (Å²) in [4.78, 5) is 18.4. The van der Waals surface area contributed by atoms with Crippen molar-refractivity contribution in [2.75, 3.05) is 32.8 Å². The van der Waals surface area contributed by atoms with Crippen LogP contribution in [0, 0.1) is 6.92 Å². The van der Waals surface area contributed by atoms with E-state index in [0.29, 0.717) is 18.6 Å². The van der Waals surface area contributed by atoms with Gasteiger partial charge in [0, 0.05) is 38.1 Å². The minimum Gasteiger partial charge on any atom is -0.450 e. The maximum Gasteiger partial charge on any atom is 0.409 e. The summed E-state index contributed by atoms with van der Waals surface area (Å²) in [5.41, 5.74) is 2.60. The van der Waals surface area contributed by atoms with Crippen molar-refractivity contribution in [1.29, 1.82) is 0 Å². The predicted octanol–water partition coefficient (Wildman–Crippen LogP) is 3.27. The quantitative estimate of drug-likeness (QED) is 0.592. The molecule has 0 saturated carbocycles. The van der Waals surface area contributed by atoms with Gasteiger partial charge in [-0.3, -0.25) is 4.99 Å². The number of piperidine rings is 1. The Morgan fingerprint density at radius 2 is 2.07 bits per heavy atom. The highest BCUT2D eigenvalue weighted by atomic mass is 16.6. The molecule has 1 fully saturated rings. The van der Waals surface area contributed by atoms with Gasteiger partial charge in [0.15, 0.2) is 5.96 Å². The maximum absolute atomic E-state index is 11.8. The molecule has 0 spiro atoms. The van der Waals surface area contributed by atoms with Crippen LogP contribution in [0.15, 0.2) is 29.3 Å². The van der Waals surface area contributed by atoms with E-state index < -0.39 is 0 Å². The minimum absolute atomic E-state index is 0.205. The lowest BCUT2D eigenvalue weighted by Crippen LogP contribution is -2.50. The second kappa shape index (κ2) is 10.8. The number of amides is 1. The van der Waals surface area contributed by atoms with Crippen LogP contribution in [-0.2, 0) is 4.74 Å². The van der Waals surface area contributed by atoms with E-state index >= 15 is 0 Å². The van der Waals surface area contributed by atoms with Gasteiger partial charge in [-0.15, -0.1) is 0 Å². The predicted molar refractivity (Wildman–Crippen MR) is 110 cm³/mol. The number of likely N-dealkylation sites (tertiary alicyclic amines) is 1. The van der Waals surface area contributed by atoms with Crippen LogP contribution in [0.3, 0.4) is 0 Å². The summed E-state index contributed by atoms with van der Waals surface area (Å²) in [5.74, 6) is 1.22. The largest absolute Gasteiger partial charge is 0.450 e. The molecule has 1 aliphatic heterocycles. The number of nitrogens with zero attached hydrogens (tertiary/aromatic N) is 2. The highest BCUT2D eigenvalue weighted by Gasteiger charge is 2.24. The average Bonchev–Trinajstić information content (AvgIpc) is 2.67. The van der Waals surface area contributed by atoms with Gasteiger partial charge in [0.1, 0.15) is 0 Å². The van der Waals surface area contributed by atoms with Crippen molar-refractivity contribution in [1.82, 2.24) is 15.5 Å². The van der Waals surface area contributed by atoms with E-state index in [-0.39, 0.29) is 6.09 Å². The lowest BCUT2D eigenvalue weighted by molar-refractivity contribution is 0.0963. The Morgan fingerprint density at radius 1 is 1.33 bits per heavy atom. The summed E-state index contributed by atoms with van der Waals surface area (Å²) in [6.07, 6.45) is 1.59. The molecule has 6 heteroatoms. The van der Waals surface area contributed by atoms with Gasteiger partial charge in [0.05, 0.1) is 6.61 Å². The maximum atomic E-state index is 11.8. The first-order chi connectivity index (χ1) is 13.0. The second-order valence-electron chi connectivity index (χ2n) is 7.14. The van der Waals surface area contributed by atoms with Gasteiger partial charge >= 0.3 is 6.09 Å². The lowest BCUT2D eigenvalue weighted by atomic mass is 10.00. The molecule has 1 aromatic carbocycles. The Labute approximate surface area is 163 Å². The molecule has 1 aromatic rings. The fraction of sp³-hybridized carbons (Fsp3) is 0.619. The molecule has 150 valence electrons. The third-order valence-electron chi connectivity index (χ3n) is 4.84. The highest BCUT2D eigenvalue weighted by molar-refractivity contribution is 5.80. The lowest BCUT2D eigenvalue weighted by Gasteiger charge is -2.32. The van der Waals surface area contributed by atoms with E-state index in [1.54, 1.807) is 4.90 Å². The van der Waals surface area contributed by atoms with Crippen LogP contribution in [0.1, 0.15) is 50.7 Å². The number of benzene rings is 1. The average molecular weight is 375 g/mol. The van der Waals surface area contributed by atoms with Gasteiger partial charge in [0.25, 0.3) is 0 Å². The van der Waals surface area contributed by atoms with Crippen LogP contribution in [-0.4, -0.2) is 55.8 Å². The Kier molecular flexibility index (Phi) is 8.43. The van der Waals surface area contributed by atoms with Gasteiger partial charge < -0.3 is 20.3 Å². The Bertz CT molecular complexity index is 624. The van der Waals surface area contributed by atoms with Crippen molar-refractivity contribution in [3.63, 3.8) is 0 Å². The number of guanidine groups is 1. The van der Waals surface area contributed by atoms with Gasteiger partial charge in [-0.25, -0.2) is 4.79 Å². The van der Waals surface area contributed by atoms with Crippen LogP contribution in [0.5, 0.6) is 0 Å². The van der Waals surface area contributed by atoms with E-state index in [0.717, 1.165) is 45.0 Å². The molecule has 1 atom stereocenters. The van der Waals surface area contributed by atoms with Crippen molar-refractivity contribution in [3.05, 3.63) is 35.4 Å². The molecular formula is C21H34N4O2. The van der Waals surface area contributed by atoms with Crippen molar-refractivity contribution in [2.24, 2.45) is 4.99 Å². The molecule has 2 N–H and O–H groups in total. The van der Waals surface area contributed by atoms with Crippen LogP contribution >= 0.6 is 0 Å². The smallest absolute Gasteiger partial charge is 0.409 e. The Morgan fingerprint density at radius 3 is 2.70 bits per heavy atom. The molecule has 2 rings (SSSR count). The summed E-state index contributed by atoms with van der Waals surface area (Å²) >= 11 is 0. The van der Waals surface area contributed by atoms with Gasteiger partial charge in [-0.2, -0.15) is 0 Å². The standard InChI is InChI=1S/C21H34N4O2/c1-5-22-20(23-15-17(4)18-9-7-8-16(3)14-18)24-19-10-12-25(13-11-19)21(26)27-6-2/h7-9,14,17,19H,5-6,10-13,15H2,1-4H3,(H2,22,23,24). The number of aliphatic imine (C=N–C) groups is 1. The molecule has 1 saturated heterocycles. The summed E-state index contributed by atoms with van der Waals surface area (Å²) in [6, 6.07) is 8.94. The van der Waals surface area contributed by atoms with Crippen LogP contribution in [0.2, 0.25) is 0 Å². The summed E-state index contributed by atoms with van der Waals surface area (Å²) in [6.45, 7) is 11.7. The molecule has 1 heterocycles. The van der Waals surface area contributed by atoms with E-state index in [2.05, 4.69) is 55.7 Å². The van der Waals surface area contributed by atoms with Crippen molar-refractivity contribution in [2.45, 2.75) is 52.5 Å². The Hall–Kier alpha value is -2.24. The summed E-state index contributed by atoms with van der Waals surface area (Å²) < 4.78 is 5.08.